The van der Waals surface area contributed by atoms with Crippen molar-refractivity contribution in [2.24, 2.45) is 0 Å². The topological polar surface area (TPSA) is 56.8 Å². The van der Waals surface area contributed by atoms with Crippen molar-refractivity contribution < 1.29 is 19.0 Å². The molecule has 1 fully saturated rings. The third kappa shape index (κ3) is 5.28. The van der Waals surface area contributed by atoms with Crippen molar-refractivity contribution in [3.63, 3.8) is 0 Å². The lowest BCUT2D eigenvalue weighted by atomic mass is 10.2. The van der Waals surface area contributed by atoms with E-state index in [-0.39, 0.29) is 18.7 Å². The molecule has 1 saturated heterocycles. The number of carbonyl (C=O) groups is 1. The molecule has 19 heavy (non-hydrogen) atoms. The van der Waals surface area contributed by atoms with E-state index in [1.54, 1.807) is 0 Å². The van der Waals surface area contributed by atoms with Gasteiger partial charge in [0.05, 0.1) is 19.1 Å². The van der Waals surface area contributed by atoms with Gasteiger partial charge in [-0.05, 0) is 12.1 Å². The van der Waals surface area contributed by atoms with E-state index < -0.39 is 0 Å². The largest absolute Gasteiger partial charge is 0.490 e. The first kappa shape index (κ1) is 13.8. The molecule has 1 unspecified atom stereocenters. The number of rotatable bonds is 6. The first-order valence-corrected chi connectivity index (χ1v) is 6.50. The number of benzene rings is 1. The third-order valence-corrected chi connectivity index (χ3v) is 2.76. The predicted octanol–water partition coefficient (Wildman–Crippen LogP) is 0.987. The molecule has 0 bridgehead atoms. The van der Waals surface area contributed by atoms with Crippen molar-refractivity contribution in [2.45, 2.75) is 12.5 Å². The van der Waals surface area contributed by atoms with E-state index in [0.29, 0.717) is 26.2 Å². The molecule has 1 atom stereocenters. The molecule has 1 aromatic carbocycles. The highest BCUT2D eigenvalue weighted by Crippen LogP contribution is 2.08. The molecule has 0 radical (unpaired) electrons. The number of morpholine rings is 1. The first-order chi connectivity index (χ1) is 9.34. The summed E-state index contributed by atoms with van der Waals surface area (Å²) in [7, 11) is 0. The molecule has 0 saturated carbocycles. The maximum absolute atomic E-state index is 11.5. The van der Waals surface area contributed by atoms with Crippen molar-refractivity contribution in [1.29, 1.82) is 0 Å². The molecule has 104 valence electrons. The zero-order chi connectivity index (χ0) is 13.3. The van der Waals surface area contributed by atoms with E-state index in [2.05, 4.69) is 5.32 Å². The minimum absolute atomic E-state index is 0.0729. The highest BCUT2D eigenvalue weighted by molar-refractivity contribution is 5.70. The van der Waals surface area contributed by atoms with Crippen LogP contribution in [0.1, 0.15) is 6.42 Å². The highest BCUT2D eigenvalue weighted by Gasteiger charge is 2.17. The summed E-state index contributed by atoms with van der Waals surface area (Å²) < 4.78 is 15.9. The molecule has 0 aromatic heterocycles. The van der Waals surface area contributed by atoms with Crippen LogP contribution in [0.25, 0.3) is 0 Å². The second-order valence-corrected chi connectivity index (χ2v) is 4.28. The Balaban J connectivity index is 1.56. The monoisotopic (exact) mass is 265 g/mol. The predicted molar refractivity (Wildman–Crippen MR) is 70.1 cm³/mol. The first-order valence-electron chi connectivity index (χ1n) is 6.50. The molecule has 0 amide bonds. The van der Waals surface area contributed by atoms with Crippen LogP contribution in [0, 0.1) is 0 Å². The summed E-state index contributed by atoms with van der Waals surface area (Å²) in [4.78, 5) is 11.5. The third-order valence-electron chi connectivity index (χ3n) is 2.76. The number of hydrogen-bond donors (Lipinski definition) is 1. The number of para-hydroxylation sites is 1. The number of nitrogens with one attached hydrogen (secondary N) is 1. The number of ether oxygens (including phenoxy) is 3. The molecule has 2 rings (SSSR count). The Labute approximate surface area is 112 Å². The van der Waals surface area contributed by atoms with Gasteiger partial charge in [-0.3, -0.25) is 4.79 Å². The fraction of sp³-hybridized carbons (Fsp3) is 0.500. The summed E-state index contributed by atoms with van der Waals surface area (Å²) in [5.41, 5.74) is 0. The minimum Gasteiger partial charge on any atom is -0.490 e. The van der Waals surface area contributed by atoms with Gasteiger partial charge in [-0.15, -0.1) is 0 Å². The Kier molecular flexibility index (Phi) is 5.65. The molecule has 1 aliphatic rings. The van der Waals surface area contributed by atoms with Crippen LogP contribution in [0.15, 0.2) is 30.3 Å². The van der Waals surface area contributed by atoms with Gasteiger partial charge in [0.25, 0.3) is 0 Å². The highest BCUT2D eigenvalue weighted by atomic mass is 16.6. The Morgan fingerprint density at radius 2 is 2.16 bits per heavy atom. The summed E-state index contributed by atoms with van der Waals surface area (Å²) in [5, 5.41) is 3.17. The number of hydrogen-bond acceptors (Lipinski definition) is 5. The Bertz CT molecular complexity index is 376. The van der Waals surface area contributed by atoms with E-state index in [9.17, 15) is 4.79 Å². The Morgan fingerprint density at radius 1 is 1.32 bits per heavy atom. The standard InChI is InChI=1S/C14H19NO4/c16-14(10-13-11-15-6-7-17-13)19-9-8-18-12-4-2-1-3-5-12/h1-5,13,15H,6-11H2. The average Bonchev–Trinajstić information content (AvgIpc) is 2.46. The van der Waals surface area contributed by atoms with Crippen LogP contribution in [0.2, 0.25) is 0 Å². The Hall–Kier alpha value is -1.59. The van der Waals surface area contributed by atoms with Crippen LogP contribution in [0.5, 0.6) is 5.75 Å². The van der Waals surface area contributed by atoms with Gasteiger partial charge in [-0.25, -0.2) is 0 Å². The zero-order valence-electron chi connectivity index (χ0n) is 10.8. The summed E-state index contributed by atoms with van der Waals surface area (Å²) in [6.45, 7) is 2.81. The minimum atomic E-state index is -0.245. The van der Waals surface area contributed by atoms with Crippen molar-refractivity contribution in [1.82, 2.24) is 5.32 Å². The zero-order valence-corrected chi connectivity index (χ0v) is 10.8. The molecule has 0 aliphatic carbocycles. The van der Waals surface area contributed by atoms with Crippen molar-refractivity contribution in [3.05, 3.63) is 30.3 Å². The van der Waals surface area contributed by atoms with Gasteiger partial charge in [0.1, 0.15) is 19.0 Å². The van der Waals surface area contributed by atoms with E-state index >= 15 is 0 Å². The normalized spacial score (nSPS) is 18.8. The van der Waals surface area contributed by atoms with E-state index in [1.165, 1.54) is 0 Å². The molecule has 0 spiro atoms. The van der Waals surface area contributed by atoms with Crippen LogP contribution in [0.4, 0.5) is 0 Å². The van der Waals surface area contributed by atoms with E-state index in [1.807, 2.05) is 30.3 Å². The van der Waals surface area contributed by atoms with Crippen molar-refractivity contribution in [2.75, 3.05) is 32.9 Å². The van der Waals surface area contributed by atoms with Crippen LogP contribution in [0.3, 0.4) is 0 Å². The van der Waals surface area contributed by atoms with Gasteiger partial charge < -0.3 is 19.5 Å². The number of carbonyl (C=O) groups excluding carboxylic acids is 1. The number of esters is 1. The van der Waals surface area contributed by atoms with E-state index in [0.717, 1.165) is 12.3 Å². The van der Waals surface area contributed by atoms with Gasteiger partial charge in [-0.2, -0.15) is 0 Å². The molecule has 1 N–H and O–H groups in total. The van der Waals surface area contributed by atoms with Crippen LogP contribution < -0.4 is 10.1 Å². The SMILES string of the molecule is O=C(CC1CNCCO1)OCCOc1ccccc1. The smallest absolute Gasteiger partial charge is 0.308 e. The summed E-state index contributed by atoms with van der Waals surface area (Å²) in [6.07, 6.45) is 0.217. The molecule has 1 heterocycles. The fourth-order valence-corrected chi connectivity index (χ4v) is 1.83. The molecule has 1 aliphatic heterocycles. The molecular formula is C14H19NO4. The maximum Gasteiger partial charge on any atom is 0.308 e. The summed E-state index contributed by atoms with van der Waals surface area (Å²) in [6, 6.07) is 9.45. The van der Waals surface area contributed by atoms with Gasteiger partial charge in [0, 0.05) is 13.1 Å². The van der Waals surface area contributed by atoms with Crippen molar-refractivity contribution in [3.8, 4) is 5.75 Å². The van der Waals surface area contributed by atoms with Gasteiger partial charge in [-0.1, -0.05) is 18.2 Å². The Morgan fingerprint density at radius 3 is 2.89 bits per heavy atom. The summed E-state index contributed by atoms with van der Waals surface area (Å²) in [5.74, 6) is 0.531. The average molecular weight is 265 g/mol. The van der Waals surface area contributed by atoms with E-state index in [4.69, 9.17) is 14.2 Å². The molecule has 5 heteroatoms. The maximum atomic E-state index is 11.5. The van der Waals surface area contributed by atoms with Crippen LogP contribution in [-0.2, 0) is 14.3 Å². The van der Waals surface area contributed by atoms with Gasteiger partial charge in [0.2, 0.25) is 0 Å². The van der Waals surface area contributed by atoms with Crippen LogP contribution in [-0.4, -0.2) is 45.0 Å². The second kappa shape index (κ2) is 7.76. The second-order valence-electron chi connectivity index (χ2n) is 4.28. The molecule has 5 nitrogen and oxygen atoms in total. The van der Waals surface area contributed by atoms with Gasteiger partial charge >= 0.3 is 5.97 Å². The fourth-order valence-electron chi connectivity index (χ4n) is 1.83. The quantitative estimate of drug-likeness (QED) is 0.614. The van der Waals surface area contributed by atoms with Crippen molar-refractivity contribution >= 4 is 5.97 Å². The lowest BCUT2D eigenvalue weighted by Gasteiger charge is -2.22. The summed E-state index contributed by atoms with van der Waals surface area (Å²) >= 11 is 0. The molecular weight excluding hydrogens is 246 g/mol. The van der Waals surface area contributed by atoms with Crippen LogP contribution >= 0.6 is 0 Å². The lowest BCUT2D eigenvalue weighted by Crippen LogP contribution is -2.39. The molecule has 1 aromatic rings. The van der Waals surface area contributed by atoms with Gasteiger partial charge in [0.15, 0.2) is 0 Å². The lowest BCUT2D eigenvalue weighted by molar-refractivity contribution is -0.148.